The summed E-state index contributed by atoms with van der Waals surface area (Å²) in [5.74, 6) is 0.241. The number of aromatic nitrogens is 1. The van der Waals surface area contributed by atoms with E-state index in [9.17, 15) is 4.79 Å². The monoisotopic (exact) mass is 355 g/mol. The van der Waals surface area contributed by atoms with E-state index in [1.54, 1.807) is 0 Å². The van der Waals surface area contributed by atoms with Gasteiger partial charge in [0.05, 0.1) is 6.61 Å². The average Bonchev–Trinajstić information content (AvgIpc) is 2.72. The van der Waals surface area contributed by atoms with Gasteiger partial charge < -0.3 is 8.99 Å². The Bertz CT molecular complexity index is 853. The number of nitrogens with zero attached hydrogens (tertiary/aromatic N) is 1. The van der Waals surface area contributed by atoms with Crippen molar-refractivity contribution in [2.45, 2.75) is 58.4 Å². The van der Waals surface area contributed by atoms with E-state index >= 15 is 0 Å². The first-order valence-corrected chi connectivity index (χ1v) is 12.0. The molecular formula is C21H29NO2Si. The van der Waals surface area contributed by atoms with Gasteiger partial charge >= 0.3 is 0 Å². The quantitative estimate of drug-likeness (QED) is 0.662. The van der Waals surface area contributed by atoms with Crippen molar-refractivity contribution < 1.29 is 9.22 Å². The zero-order valence-electron chi connectivity index (χ0n) is 16.3. The Morgan fingerprint density at radius 1 is 1.24 bits per heavy atom. The van der Waals surface area contributed by atoms with Crippen LogP contribution in [0.15, 0.2) is 24.3 Å². The number of ketones is 1. The molecule has 134 valence electrons. The highest BCUT2D eigenvalue weighted by molar-refractivity contribution is 6.74. The first kappa shape index (κ1) is 18.1. The van der Waals surface area contributed by atoms with Gasteiger partial charge in [0.15, 0.2) is 14.1 Å². The van der Waals surface area contributed by atoms with Crippen LogP contribution in [0.1, 0.15) is 55.2 Å². The molecule has 1 aliphatic carbocycles. The third-order valence-corrected chi connectivity index (χ3v) is 10.4. The molecule has 0 saturated carbocycles. The second-order valence-corrected chi connectivity index (χ2v) is 13.4. The summed E-state index contributed by atoms with van der Waals surface area (Å²) in [5, 5.41) is 1.35. The zero-order valence-corrected chi connectivity index (χ0v) is 17.3. The standard InChI is InChI=1S/C21H29NO2Si/c1-21(2,3)25(5,6)24-14-15-13-18-16-9-7-8-10-20(23)17(16)11-12-19(18)22(15)4/h7,9,11-13H,8,10,14H2,1-6H3. The van der Waals surface area contributed by atoms with E-state index in [4.69, 9.17) is 4.43 Å². The largest absolute Gasteiger partial charge is 0.411 e. The lowest BCUT2D eigenvalue weighted by Gasteiger charge is -2.36. The van der Waals surface area contributed by atoms with Gasteiger partial charge in [-0.05, 0) is 48.3 Å². The Morgan fingerprint density at radius 2 is 1.96 bits per heavy atom. The van der Waals surface area contributed by atoms with Gasteiger partial charge in [0, 0.05) is 35.6 Å². The van der Waals surface area contributed by atoms with Crippen molar-refractivity contribution in [1.82, 2.24) is 4.57 Å². The number of Topliss-reactive ketones (excluding diaryl/α,β-unsaturated/α-hetero) is 1. The second-order valence-electron chi connectivity index (χ2n) is 8.57. The molecule has 0 unspecified atom stereocenters. The molecule has 1 aliphatic rings. The SMILES string of the molecule is Cn1c(CO[Si](C)(C)C(C)(C)C)cc2c3c(ccc21)C(=O)CCC=C3. The highest BCUT2D eigenvalue weighted by Crippen LogP contribution is 2.37. The van der Waals surface area contributed by atoms with Crippen molar-refractivity contribution in [2.24, 2.45) is 7.05 Å². The molecule has 3 rings (SSSR count). The lowest BCUT2D eigenvalue weighted by Crippen LogP contribution is -2.40. The minimum atomic E-state index is -1.79. The fraction of sp³-hybridized carbons (Fsp3) is 0.476. The van der Waals surface area contributed by atoms with Crippen LogP contribution in [-0.2, 0) is 18.1 Å². The van der Waals surface area contributed by atoms with E-state index in [0.29, 0.717) is 13.0 Å². The minimum absolute atomic E-state index is 0.198. The third kappa shape index (κ3) is 3.25. The fourth-order valence-electron chi connectivity index (χ4n) is 3.07. The molecule has 0 saturated heterocycles. The van der Waals surface area contributed by atoms with Gasteiger partial charge in [-0.25, -0.2) is 0 Å². The topological polar surface area (TPSA) is 31.2 Å². The van der Waals surface area contributed by atoms with E-state index in [0.717, 1.165) is 28.5 Å². The summed E-state index contributed by atoms with van der Waals surface area (Å²) in [4.78, 5) is 12.3. The number of carbonyl (C=O) groups is 1. The van der Waals surface area contributed by atoms with Crippen LogP contribution in [0.4, 0.5) is 0 Å². The van der Waals surface area contributed by atoms with E-state index < -0.39 is 8.32 Å². The Hall–Kier alpha value is -1.65. The Balaban J connectivity index is 2.00. The highest BCUT2D eigenvalue weighted by atomic mass is 28.4. The van der Waals surface area contributed by atoms with Crippen molar-refractivity contribution in [2.75, 3.05) is 0 Å². The molecule has 1 aromatic heterocycles. The number of rotatable bonds is 3. The van der Waals surface area contributed by atoms with Crippen molar-refractivity contribution >= 4 is 31.1 Å². The maximum absolute atomic E-state index is 12.3. The maximum atomic E-state index is 12.3. The van der Waals surface area contributed by atoms with Crippen LogP contribution >= 0.6 is 0 Å². The fourth-order valence-corrected chi connectivity index (χ4v) is 4.01. The molecule has 1 aromatic carbocycles. The molecule has 3 nitrogen and oxygen atoms in total. The van der Waals surface area contributed by atoms with Crippen molar-refractivity contribution in [3.63, 3.8) is 0 Å². The summed E-state index contributed by atoms with van der Waals surface area (Å²) in [7, 11) is 0.296. The first-order chi connectivity index (χ1) is 11.6. The number of allylic oxidation sites excluding steroid dienone is 1. The zero-order chi connectivity index (χ0) is 18.4. The number of hydrogen-bond acceptors (Lipinski definition) is 2. The predicted octanol–water partition coefficient (Wildman–Crippen LogP) is 5.69. The van der Waals surface area contributed by atoms with E-state index in [-0.39, 0.29) is 10.8 Å². The summed E-state index contributed by atoms with van der Waals surface area (Å²) < 4.78 is 8.61. The lowest BCUT2D eigenvalue weighted by molar-refractivity contribution is 0.0984. The molecule has 25 heavy (non-hydrogen) atoms. The molecule has 0 atom stereocenters. The molecule has 0 aliphatic heterocycles. The van der Waals surface area contributed by atoms with Gasteiger partial charge in [0.2, 0.25) is 0 Å². The van der Waals surface area contributed by atoms with Crippen LogP contribution in [0.3, 0.4) is 0 Å². The number of aryl methyl sites for hydroxylation is 1. The van der Waals surface area contributed by atoms with Gasteiger partial charge in [-0.2, -0.15) is 0 Å². The van der Waals surface area contributed by atoms with Crippen LogP contribution in [0.25, 0.3) is 17.0 Å². The van der Waals surface area contributed by atoms with Gasteiger partial charge in [0.25, 0.3) is 0 Å². The number of fused-ring (bicyclic) bond motifs is 3. The van der Waals surface area contributed by atoms with Crippen molar-refractivity contribution in [1.29, 1.82) is 0 Å². The summed E-state index contributed by atoms with van der Waals surface area (Å²) in [6.45, 7) is 12.0. The van der Waals surface area contributed by atoms with E-state index in [1.807, 2.05) is 6.07 Å². The Labute approximate surface area is 151 Å². The number of hydrogen-bond donors (Lipinski definition) is 0. The smallest absolute Gasteiger partial charge is 0.192 e. The summed E-state index contributed by atoms with van der Waals surface area (Å²) >= 11 is 0. The van der Waals surface area contributed by atoms with Crippen LogP contribution in [-0.4, -0.2) is 18.7 Å². The normalized spacial score (nSPS) is 15.5. The second kappa shape index (κ2) is 6.26. The summed E-state index contributed by atoms with van der Waals surface area (Å²) in [6, 6.07) is 6.25. The number of benzene rings is 1. The van der Waals surface area contributed by atoms with Gasteiger partial charge in [-0.3, -0.25) is 4.79 Å². The Morgan fingerprint density at radius 3 is 2.64 bits per heavy atom. The summed E-state index contributed by atoms with van der Waals surface area (Å²) in [6.07, 6.45) is 5.65. The number of carbonyl (C=O) groups excluding carboxylic acids is 1. The van der Waals surface area contributed by atoms with Crippen LogP contribution in [0.5, 0.6) is 0 Å². The first-order valence-electron chi connectivity index (χ1n) is 9.07. The minimum Gasteiger partial charge on any atom is -0.411 e. The molecule has 1 heterocycles. The molecular weight excluding hydrogens is 326 g/mol. The maximum Gasteiger partial charge on any atom is 0.192 e. The molecule has 2 aromatic rings. The highest BCUT2D eigenvalue weighted by Gasteiger charge is 2.37. The molecule has 0 amide bonds. The predicted molar refractivity (Wildman–Crippen MR) is 108 cm³/mol. The van der Waals surface area contributed by atoms with Crippen LogP contribution in [0, 0.1) is 0 Å². The molecule has 4 heteroatoms. The van der Waals surface area contributed by atoms with E-state index in [1.165, 1.54) is 5.69 Å². The van der Waals surface area contributed by atoms with Crippen LogP contribution in [0.2, 0.25) is 18.1 Å². The summed E-state index contributed by atoms with van der Waals surface area (Å²) in [5.41, 5.74) is 4.24. The van der Waals surface area contributed by atoms with Gasteiger partial charge in [-0.15, -0.1) is 0 Å². The molecule has 0 bridgehead atoms. The lowest BCUT2D eigenvalue weighted by atomic mass is 10.00. The van der Waals surface area contributed by atoms with E-state index in [2.05, 4.69) is 69.8 Å². The molecule has 0 radical (unpaired) electrons. The van der Waals surface area contributed by atoms with Gasteiger partial charge in [0.1, 0.15) is 0 Å². The van der Waals surface area contributed by atoms with Crippen LogP contribution < -0.4 is 0 Å². The Kier molecular flexibility index (Phi) is 4.54. The average molecular weight is 356 g/mol. The molecule has 0 spiro atoms. The third-order valence-electron chi connectivity index (χ3n) is 5.88. The van der Waals surface area contributed by atoms with Crippen molar-refractivity contribution in [3.8, 4) is 0 Å². The van der Waals surface area contributed by atoms with Gasteiger partial charge in [-0.1, -0.05) is 32.9 Å². The molecule has 0 N–H and O–H groups in total. The van der Waals surface area contributed by atoms with Crippen molar-refractivity contribution in [3.05, 3.63) is 41.1 Å². The molecule has 0 fully saturated rings.